The summed E-state index contributed by atoms with van der Waals surface area (Å²) in [6.07, 6.45) is 5.96. The van der Waals surface area contributed by atoms with Crippen molar-refractivity contribution in [3.8, 4) is 5.88 Å². The summed E-state index contributed by atoms with van der Waals surface area (Å²) in [4.78, 5) is 10.7. The van der Waals surface area contributed by atoms with Gasteiger partial charge in [0.15, 0.2) is 0 Å². The molecule has 0 atom stereocenters. The highest BCUT2D eigenvalue weighted by Crippen LogP contribution is 2.25. The van der Waals surface area contributed by atoms with Crippen LogP contribution in [-0.2, 0) is 6.42 Å². The molecular weight excluding hydrogens is 242 g/mol. The van der Waals surface area contributed by atoms with E-state index in [2.05, 4.69) is 34.3 Å². The zero-order valence-corrected chi connectivity index (χ0v) is 11.7. The third-order valence-electron chi connectivity index (χ3n) is 3.40. The summed E-state index contributed by atoms with van der Waals surface area (Å²) in [5.74, 6) is 6.77. The molecule has 0 saturated heterocycles. The van der Waals surface area contributed by atoms with E-state index in [9.17, 15) is 0 Å². The molecule has 0 radical (unpaired) electrons. The van der Waals surface area contributed by atoms with Crippen LogP contribution in [0.5, 0.6) is 5.88 Å². The maximum atomic E-state index is 5.79. The molecule has 6 heteroatoms. The molecule has 1 aliphatic carbocycles. The number of aromatic nitrogens is 2. The molecule has 1 saturated carbocycles. The lowest BCUT2D eigenvalue weighted by Gasteiger charge is -2.17. The van der Waals surface area contributed by atoms with Gasteiger partial charge in [0, 0.05) is 12.6 Å². The second-order valence-corrected chi connectivity index (χ2v) is 4.96. The first-order chi connectivity index (χ1) is 9.26. The molecule has 1 aromatic heterocycles. The highest BCUT2D eigenvalue weighted by atomic mass is 16.5. The number of anilines is 1. The fourth-order valence-electron chi connectivity index (χ4n) is 2.10. The number of hydrogen-bond acceptors (Lipinski definition) is 6. The van der Waals surface area contributed by atoms with Crippen molar-refractivity contribution in [3.05, 3.63) is 11.9 Å². The predicted octanol–water partition coefficient (Wildman–Crippen LogP) is 1.19. The van der Waals surface area contributed by atoms with E-state index in [1.807, 2.05) is 0 Å². The van der Waals surface area contributed by atoms with Gasteiger partial charge in [-0.3, -0.25) is 0 Å². The minimum atomic E-state index is 0.644. The molecule has 0 aromatic carbocycles. The predicted molar refractivity (Wildman–Crippen MR) is 75.0 cm³/mol. The summed E-state index contributed by atoms with van der Waals surface area (Å²) >= 11 is 0. The molecule has 1 aliphatic rings. The van der Waals surface area contributed by atoms with Crippen LogP contribution in [0.25, 0.3) is 0 Å². The van der Waals surface area contributed by atoms with Crippen molar-refractivity contribution in [1.82, 2.24) is 14.9 Å². The summed E-state index contributed by atoms with van der Waals surface area (Å²) < 4.78 is 5.79. The quantitative estimate of drug-likeness (QED) is 0.543. The summed E-state index contributed by atoms with van der Waals surface area (Å²) in [5.41, 5.74) is 3.57. The van der Waals surface area contributed by atoms with Gasteiger partial charge >= 0.3 is 0 Å². The van der Waals surface area contributed by atoms with Crippen LogP contribution in [0.4, 0.5) is 5.82 Å². The van der Waals surface area contributed by atoms with Gasteiger partial charge in [0.05, 0.1) is 5.56 Å². The Labute approximate surface area is 114 Å². The number of nitrogen functional groups attached to an aromatic ring is 1. The lowest BCUT2D eigenvalue weighted by molar-refractivity contribution is 0.225. The van der Waals surface area contributed by atoms with Gasteiger partial charge in [-0.25, -0.2) is 15.8 Å². The number of likely N-dealkylation sites (N-methyl/N-ethyl adjacent to an activating group) is 1. The summed E-state index contributed by atoms with van der Waals surface area (Å²) in [6, 6.07) is 0.755. The summed E-state index contributed by atoms with van der Waals surface area (Å²) in [7, 11) is 2.14. The molecule has 0 spiro atoms. The molecular formula is C13H23N5O. The number of hydrazine groups is 1. The first kappa shape index (κ1) is 14.0. The van der Waals surface area contributed by atoms with E-state index in [4.69, 9.17) is 10.6 Å². The second-order valence-electron chi connectivity index (χ2n) is 4.96. The topological polar surface area (TPSA) is 76.3 Å². The maximum Gasteiger partial charge on any atom is 0.221 e. The Balaban J connectivity index is 1.93. The van der Waals surface area contributed by atoms with Gasteiger partial charge in [-0.1, -0.05) is 13.3 Å². The maximum absolute atomic E-state index is 5.79. The van der Waals surface area contributed by atoms with E-state index in [0.717, 1.165) is 31.0 Å². The van der Waals surface area contributed by atoms with Crippen LogP contribution >= 0.6 is 0 Å². The van der Waals surface area contributed by atoms with Crippen LogP contribution in [0.3, 0.4) is 0 Å². The first-order valence-electron chi connectivity index (χ1n) is 6.89. The fraction of sp³-hybridized carbons (Fsp3) is 0.692. The van der Waals surface area contributed by atoms with Crippen molar-refractivity contribution < 1.29 is 4.74 Å². The molecule has 19 heavy (non-hydrogen) atoms. The molecule has 0 bridgehead atoms. The van der Waals surface area contributed by atoms with Gasteiger partial charge in [-0.05, 0) is 26.3 Å². The van der Waals surface area contributed by atoms with Crippen LogP contribution in [0.2, 0.25) is 0 Å². The smallest absolute Gasteiger partial charge is 0.221 e. The molecule has 0 unspecified atom stereocenters. The molecule has 1 heterocycles. The van der Waals surface area contributed by atoms with Crippen LogP contribution in [0.15, 0.2) is 6.33 Å². The molecule has 106 valence electrons. The normalized spacial score (nSPS) is 14.7. The standard InChI is InChI=1S/C13H23N5O/c1-3-4-11-12(17-14)15-9-16-13(11)19-8-7-18(2)10-5-6-10/h9-10H,3-8,14H2,1-2H3,(H,15,16,17). The Morgan fingerprint density at radius 1 is 1.47 bits per heavy atom. The van der Waals surface area contributed by atoms with Crippen molar-refractivity contribution in [2.45, 2.75) is 38.6 Å². The lowest BCUT2D eigenvalue weighted by Crippen LogP contribution is -2.26. The molecule has 2 rings (SSSR count). The lowest BCUT2D eigenvalue weighted by atomic mass is 10.2. The SMILES string of the molecule is CCCc1c(NN)ncnc1OCCN(C)C1CC1. The highest BCUT2D eigenvalue weighted by molar-refractivity contribution is 5.47. The molecule has 3 N–H and O–H groups in total. The molecule has 0 aliphatic heterocycles. The number of nitrogens with one attached hydrogen (secondary N) is 1. The molecule has 1 fully saturated rings. The van der Waals surface area contributed by atoms with Crippen LogP contribution in [0.1, 0.15) is 31.7 Å². The minimum Gasteiger partial charge on any atom is -0.476 e. The van der Waals surface area contributed by atoms with Crippen molar-refractivity contribution in [3.63, 3.8) is 0 Å². The zero-order chi connectivity index (χ0) is 13.7. The van der Waals surface area contributed by atoms with Gasteiger partial charge in [-0.15, -0.1) is 0 Å². The van der Waals surface area contributed by atoms with E-state index in [1.54, 1.807) is 0 Å². The van der Waals surface area contributed by atoms with Gasteiger partial charge in [-0.2, -0.15) is 0 Å². The fourth-order valence-corrected chi connectivity index (χ4v) is 2.10. The third kappa shape index (κ3) is 3.78. The summed E-state index contributed by atoms with van der Waals surface area (Å²) in [6.45, 7) is 3.67. The monoisotopic (exact) mass is 265 g/mol. The van der Waals surface area contributed by atoms with Gasteiger partial charge < -0.3 is 15.1 Å². The summed E-state index contributed by atoms with van der Waals surface area (Å²) in [5, 5.41) is 0. The van der Waals surface area contributed by atoms with Crippen LogP contribution in [-0.4, -0.2) is 41.1 Å². The van der Waals surface area contributed by atoms with Crippen LogP contribution in [0, 0.1) is 0 Å². The molecule has 1 aromatic rings. The van der Waals surface area contributed by atoms with E-state index in [1.165, 1.54) is 19.2 Å². The van der Waals surface area contributed by atoms with E-state index in [-0.39, 0.29) is 0 Å². The Morgan fingerprint density at radius 3 is 2.89 bits per heavy atom. The first-order valence-corrected chi connectivity index (χ1v) is 6.89. The third-order valence-corrected chi connectivity index (χ3v) is 3.40. The zero-order valence-electron chi connectivity index (χ0n) is 11.7. The number of hydrogen-bond donors (Lipinski definition) is 2. The number of ether oxygens (including phenoxy) is 1. The number of nitrogens with zero attached hydrogens (tertiary/aromatic N) is 3. The van der Waals surface area contributed by atoms with Gasteiger partial charge in [0.2, 0.25) is 5.88 Å². The van der Waals surface area contributed by atoms with E-state index < -0.39 is 0 Å². The Bertz CT molecular complexity index is 408. The van der Waals surface area contributed by atoms with E-state index in [0.29, 0.717) is 18.3 Å². The Kier molecular flexibility index (Phi) is 4.93. The van der Waals surface area contributed by atoms with Crippen molar-refractivity contribution in [2.24, 2.45) is 5.84 Å². The molecule has 0 amide bonds. The van der Waals surface area contributed by atoms with Gasteiger partial charge in [0.25, 0.3) is 0 Å². The van der Waals surface area contributed by atoms with E-state index >= 15 is 0 Å². The number of nitrogens with two attached hydrogens (primary N) is 1. The average molecular weight is 265 g/mol. The Hall–Kier alpha value is -1.40. The molecule has 6 nitrogen and oxygen atoms in total. The van der Waals surface area contributed by atoms with Crippen molar-refractivity contribution in [2.75, 3.05) is 25.6 Å². The second kappa shape index (κ2) is 6.68. The highest BCUT2D eigenvalue weighted by Gasteiger charge is 2.25. The van der Waals surface area contributed by atoms with Crippen LogP contribution < -0.4 is 16.0 Å². The van der Waals surface area contributed by atoms with Gasteiger partial charge in [0.1, 0.15) is 18.8 Å². The minimum absolute atomic E-state index is 0.644. The number of rotatable bonds is 8. The van der Waals surface area contributed by atoms with Crippen molar-refractivity contribution in [1.29, 1.82) is 0 Å². The largest absolute Gasteiger partial charge is 0.476 e. The van der Waals surface area contributed by atoms with Crippen molar-refractivity contribution >= 4 is 5.82 Å². The average Bonchev–Trinajstić information content (AvgIpc) is 3.25. The Morgan fingerprint density at radius 2 is 2.26 bits per heavy atom.